The van der Waals surface area contributed by atoms with Crippen molar-refractivity contribution in [2.45, 2.75) is 50.6 Å². The van der Waals surface area contributed by atoms with Crippen LogP contribution in [0, 0.1) is 5.82 Å². The molecular weight excluding hydrogens is 413 g/mol. The SMILES string of the molecule is O=C(CCN1C(=O)NC2(CCCCC2)C1=O)NCc1ccc(Oc2ccc(F)cc2)cc1. The molecule has 1 saturated carbocycles. The summed E-state index contributed by atoms with van der Waals surface area (Å²) in [4.78, 5) is 38.4. The number of rotatable bonds is 7. The van der Waals surface area contributed by atoms with Crippen molar-refractivity contribution in [3.63, 3.8) is 0 Å². The molecule has 0 unspecified atom stereocenters. The fraction of sp³-hybridized carbons (Fsp3) is 0.375. The van der Waals surface area contributed by atoms with Gasteiger partial charge in [0.05, 0.1) is 0 Å². The van der Waals surface area contributed by atoms with Crippen molar-refractivity contribution in [3.8, 4) is 11.5 Å². The van der Waals surface area contributed by atoms with E-state index in [-0.39, 0.29) is 30.6 Å². The molecule has 1 saturated heterocycles. The van der Waals surface area contributed by atoms with Gasteiger partial charge in [-0.3, -0.25) is 14.5 Å². The van der Waals surface area contributed by atoms with Crippen LogP contribution in [-0.4, -0.2) is 34.8 Å². The van der Waals surface area contributed by atoms with Gasteiger partial charge in [-0.1, -0.05) is 31.4 Å². The number of benzene rings is 2. The second-order valence-corrected chi connectivity index (χ2v) is 8.26. The number of nitrogens with zero attached hydrogens (tertiary/aromatic N) is 1. The zero-order valence-electron chi connectivity index (χ0n) is 17.7. The van der Waals surface area contributed by atoms with Crippen molar-refractivity contribution in [3.05, 3.63) is 59.9 Å². The van der Waals surface area contributed by atoms with Crippen LogP contribution >= 0.6 is 0 Å². The first-order valence-electron chi connectivity index (χ1n) is 10.9. The Morgan fingerprint density at radius 2 is 1.62 bits per heavy atom. The van der Waals surface area contributed by atoms with E-state index < -0.39 is 11.6 Å². The number of carbonyl (C=O) groups excluding carboxylic acids is 3. The monoisotopic (exact) mass is 439 g/mol. The van der Waals surface area contributed by atoms with Crippen LogP contribution in [-0.2, 0) is 16.1 Å². The Balaban J connectivity index is 1.23. The lowest BCUT2D eigenvalue weighted by Crippen LogP contribution is -2.48. The number of ether oxygens (including phenoxy) is 1. The van der Waals surface area contributed by atoms with Gasteiger partial charge < -0.3 is 15.4 Å². The van der Waals surface area contributed by atoms with E-state index in [0.29, 0.717) is 30.9 Å². The van der Waals surface area contributed by atoms with E-state index in [9.17, 15) is 18.8 Å². The maximum absolute atomic E-state index is 13.0. The number of carbonyl (C=O) groups is 3. The Labute approximate surface area is 185 Å². The molecule has 0 atom stereocenters. The predicted molar refractivity (Wildman–Crippen MR) is 115 cm³/mol. The molecule has 0 radical (unpaired) electrons. The highest BCUT2D eigenvalue weighted by atomic mass is 19.1. The molecule has 8 heteroatoms. The van der Waals surface area contributed by atoms with Crippen molar-refractivity contribution in [2.75, 3.05) is 6.54 Å². The summed E-state index contributed by atoms with van der Waals surface area (Å²) in [6, 6.07) is 12.5. The van der Waals surface area contributed by atoms with E-state index in [1.54, 1.807) is 24.3 Å². The molecule has 4 rings (SSSR count). The third-order valence-electron chi connectivity index (χ3n) is 5.98. The molecule has 2 aromatic carbocycles. The summed E-state index contributed by atoms with van der Waals surface area (Å²) in [6.45, 7) is 0.391. The quantitative estimate of drug-likeness (QED) is 0.641. The Morgan fingerprint density at radius 3 is 2.28 bits per heavy atom. The van der Waals surface area contributed by atoms with Crippen molar-refractivity contribution < 1.29 is 23.5 Å². The average molecular weight is 439 g/mol. The molecule has 7 nitrogen and oxygen atoms in total. The lowest BCUT2D eigenvalue weighted by Gasteiger charge is -2.30. The average Bonchev–Trinajstić information content (AvgIpc) is 3.02. The number of halogens is 1. The highest BCUT2D eigenvalue weighted by Crippen LogP contribution is 2.33. The first-order valence-corrected chi connectivity index (χ1v) is 10.9. The normalized spacial score (nSPS) is 17.3. The van der Waals surface area contributed by atoms with Gasteiger partial charge in [-0.15, -0.1) is 0 Å². The zero-order valence-corrected chi connectivity index (χ0v) is 17.7. The van der Waals surface area contributed by atoms with Gasteiger partial charge in [0.1, 0.15) is 22.9 Å². The number of urea groups is 1. The van der Waals surface area contributed by atoms with E-state index in [0.717, 1.165) is 24.8 Å². The van der Waals surface area contributed by atoms with Gasteiger partial charge in [-0.05, 0) is 54.8 Å². The summed E-state index contributed by atoms with van der Waals surface area (Å²) >= 11 is 0. The van der Waals surface area contributed by atoms with E-state index in [2.05, 4.69) is 10.6 Å². The van der Waals surface area contributed by atoms with Gasteiger partial charge in [0.15, 0.2) is 0 Å². The molecule has 2 N–H and O–H groups in total. The number of hydrogen-bond donors (Lipinski definition) is 2. The van der Waals surface area contributed by atoms with Crippen molar-refractivity contribution in [2.24, 2.45) is 0 Å². The summed E-state index contributed by atoms with van der Waals surface area (Å²) in [6.07, 6.45) is 4.32. The fourth-order valence-electron chi connectivity index (χ4n) is 4.19. The summed E-state index contributed by atoms with van der Waals surface area (Å²) in [5.74, 6) is 0.366. The molecule has 32 heavy (non-hydrogen) atoms. The summed E-state index contributed by atoms with van der Waals surface area (Å²) < 4.78 is 18.6. The van der Waals surface area contributed by atoms with Gasteiger partial charge in [-0.2, -0.15) is 0 Å². The lowest BCUT2D eigenvalue weighted by molar-refractivity contribution is -0.132. The predicted octanol–water partition coefficient (Wildman–Crippen LogP) is 3.88. The maximum atomic E-state index is 13.0. The molecule has 1 heterocycles. The second-order valence-electron chi connectivity index (χ2n) is 8.26. The third kappa shape index (κ3) is 4.90. The highest BCUT2D eigenvalue weighted by molar-refractivity contribution is 6.07. The molecule has 0 aromatic heterocycles. The maximum Gasteiger partial charge on any atom is 0.325 e. The minimum Gasteiger partial charge on any atom is -0.457 e. The fourth-order valence-corrected chi connectivity index (χ4v) is 4.19. The van der Waals surface area contributed by atoms with Crippen LogP contribution in [0.3, 0.4) is 0 Å². The zero-order chi connectivity index (χ0) is 22.6. The van der Waals surface area contributed by atoms with Gasteiger partial charge in [0.2, 0.25) is 5.91 Å². The molecule has 4 amide bonds. The first-order chi connectivity index (χ1) is 15.4. The molecule has 2 fully saturated rings. The van der Waals surface area contributed by atoms with E-state index >= 15 is 0 Å². The minimum atomic E-state index is -0.760. The van der Waals surface area contributed by atoms with Crippen LogP contribution in [0.15, 0.2) is 48.5 Å². The molecular formula is C24H26FN3O4. The molecule has 0 bridgehead atoms. The van der Waals surface area contributed by atoms with E-state index in [1.165, 1.54) is 17.0 Å². The standard InChI is InChI=1S/C24H26FN3O4/c25-18-6-10-20(11-7-18)32-19-8-4-17(5-9-19)16-26-21(29)12-15-28-22(30)24(27-23(28)31)13-2-1-3-14-24/h4-11H,1-3,12-16H2,(H,26,29)(H,27,31). The smallest absolute Gasteiger partial charge is 0.325 e. The number of imide groups is 1. The summed E-state index contributed by atoms with van der Waals surface area (Å²) in [5.41, 5.74) is 0.116. The molecule has 1 spiro atoms. The summed E-state index contributed by atoms with van der Waals surface area (Å²) in [7, 11) is 0. The lowest BCUT2D eigenvalue weighted by atomic mass is 9.82. The molecule has 1 aliphatic carbocycles. The Hall–Kier alpha value is -3.42. The molecule has 2 aromatic rings. The van der Waals surface area contributed by atoms with Crippen LogP contribution in [0.1, 0.15) is 44.1 Å². The Morgan fingerprint density at radius 1 is 1.00 bits per heavy atom. The van der Waals surface area contributed by atoms with E-state index in [1.807, 2.05) is 12.1 Å². The van der Waals surface area contributed by atoms with Gasteiger partial charge >= 0.3 is 6.03 Å². The largest absolute Gasteiger partial charge is 0.457 e. The van der Waals surface area contributed by atoms with Crippen molar-refractivity contribution >= 4 is 17.8 Å². The first kappa shape index (κ1) is 21.8. The Bertz CT molecular complexity index is 985. The number of amides is 4. The molecule has 1 aliphatic heterocycles. The van der Waals surface area contributed by atoms with Gasteiger partial charge in [0, 0.05) is 19.5 Å². The van der Waals surface area contributed by atoms with Crippen LogP contribution in [0.25, 0.3) is 0 Å². The van der Waals surface area contributed by atoms with Crippen molar-refractivity contribution in [1.82, 2.24) is 15.5 Å². The molecule has 2 aliphatic rings. The minimum absolute atomic E-state index is 0.0565. The highest BCUT2D eigenvalue weighted by Gasteiger charge is 2.50. The second kappa shape index (κ2) is 9.38. The third-order valence-corrected chi connectivity index (χ3v) is 5.98. The Kier molecular flexibility index (Phi) is 6.39. The number of nitrogens with one attached hydrogen (secondary N) is 2. The van der Waals surface area contributed by atoms with E-state index in [4.69, 9.17) is 4.74 Å². The topological polar surface area (TPSA) is 87.7 Å². The van der Waals surface area contributed by atoms with Crippen LogP contribution in [0.5, 0.6) is 11.5 Å². The van der Waals surface area contributed by atoms with Crippen molar-refractivity contribution in [1.29, 1.82) is 0 Å². The summed E-state index contributed by atoms with van der Waals surface area (Å²) in [5, 5.41) is 5.66. The van der Waals surface area contributed by atoms with Gasteiger partial charge in [-0.25, -0.2) is 9.18 Å². The van der Waals surface area contributed by atoms with Gasteiger partial charge in [0.25, 0.3) is 5.91 Å². The molecule has 168 valence electrons. The van der Waals surface area contributed by atoms with Crippen LogP contribution in [0.4, 0.5) is 9.18 Å². The number of hydrogen-bond acceptors (Lipinski definition) is 4. The van der Waals surface area contributed by atoms with Crippen LogP contribution in [0.2, 0.25) is 0 Å². The van der Waals surface area contributed by atoms with Crippen LogP contribution < -0.4 is 15.4 Å².